The molecule has 0 radical (unpaired) electrons. The van der Waals surface area contributed by atoms with Crippen LogP contribution in [0.4, 0.5) is 0 Å². The molecule has 3 heterocycles. The molecule has 1 aromatic carbocycles. The van der Waals surface area contributed by atoms with Crippen LogP contribution in [0.3, 0.4) is 0 Å². The molecule has 0 amide bonds. The van der Waals surface area contributed by atoms with Gasteiger partial charge < -0.3 is 0 Å². The Bertz CT molecular complexity index is 1150. The number of rotatable bonds is 3. The van der Waals surface area contributed by atoms with Gasteiger partial charge in [-0.05, 0) is 12.5 Å². The molecule has 0 aliphatic rings. The van der Waals surface area contributed by atoms with Crippen LogP contribution in [-0.2, 0) is 6.54 Å². The average Bonchev–Trinajstić information content (AvgIpc) is 3.16. The molecule has 0 unspecified atom stereocenters. The lowest BCUT2D eigenvalue weighted by molar-refractivity contribution is 0.378. The number of hydrogen-bond donors (Lipinski definition) is 0. The van der Waals surface area contributed by atoms with Gasteiger partial charge in [0.2, 0.25) is 0 Å². The molecule has 24 heavy (non-hydrogen) atoms. The van der Waals surface area contributed by atoms with Gasteiger partial charge in [-0.1, -0.05) is 29.4 Å². The number of hydrogen-bond acceptors (Lipinski definition) is 6. The third-order valence-corrected chi connectivity index (χ3v) is 4.51. The maximum atomic E-state index is 12.1. The molecule has 7 nitrogen and oxygen atoms in total. The molecule has 0 atom stereocenters. The second-order valence-corrected chi connectivity index (χ2v) is 6.19. The predicted molar refractivity (Wildman–Crippen MR) is 89.4 cm³/mol. The molecule has 0 spiro atoms. The van der Waals surface area contributed by atoms with Crippen LogP contribution in [-0.4, -0.2) is 19.1 Å². The third-order valence-electron chi connectivity index (χ3n) is 3.75. The van der Waals surface area contributed by atoms with Gasteiger partial charge in [0.1, 0.15) is 0 Å². The van der Waals surface area contributed by atoms with E-state index in [2.05, 4.69) is 10.1 Å². The molecule has 4 aromatic rings. The van der Waals surface area contributed by atoms with Crippen LogP contribution in [0, 0.1) is 6.92 Å². The highest BCUT2D eigenvalue weighted by Gasteiger charge is 2.16. The second-order valence-electron chi connectivity index (χ2n) is 5.31. The molecule has 0 bridgehead atoms. The van der Waals surface area contributed by atoms with Crippen molar-refractivity contribution in [1.29, 1.82) is 0 Å². The fourth-order valence-electron chi connectivity index (χ4n) is 2.56. The van der Waals surface area contributed by atoms with Crippen molar-refractivity contribution < 1.29 is 4.52 Å². The Kier molecular flexibility index (Phi) is 3.39. The zero-order valence-electron chi connectivity index (χ0n) is 12.7. The second kappa shape index (κ2) is 5.57. The first-order chi connectivity index (χ1) is 11.6. The van der Waals surface area contributed by atoms with Crippen LogP contribution in [0.15, 0.2) is 56.0 Å². The van der Waals surface area contributed by atoms with E-state index < -0.39 is 5.76 Å². The van der Waals surface area contributed by atoms with Gasteiger partial charge >= 0.3 is 5.76 Å². The van der Waals surface area contributed by atoms with E-state index >= 15 is 0 Å². The van der Waals surface area contributed by atoms with Crippen molar-refractivity contribution in [3.05, 3.63) is 74.1 Å². The van der Waals surface area contributed by atoms with Crippen molar-refractivity contribution >= 4 is 16.3 Å². The van der Waals surface area contributed by atoms with Crippen molar-refractivity contribution in [3.63, 3.8) is 0 Å². The average molecular weight is 340 g/mol. The zero-order valence-corrected chi connectivity index (χ0v) is 13.5. The molecular formula is C16H12N4O3S. The highest BCUT2D eigenvalue weighted by molar-refractivity contribution is 7.15. The maximum Gasteiger partial charge on any atom is 0.442 e. The summed E-state index contributed by atoms with van der Waals surface area (Å²) >= 11 is 1.36. The first-order valence-corrected chi connectivity index (χ1v) is 8.10. The van der Waals surface area contributed by atoms with Crippen molar-refractivity contribution in [2.75, 3.05) is 0 Å². The van der Waals surface area contributed by atoms with Gasteiger partial charge in [0.15, 0.2) is 10.8 Å². The summed E-state index contributed by atoms with van der Waals surface area (Å²) < 4.78 is 7.68. The van der Waals surface area contributed by atoms with E-state index in [0.717, 1.165) is 11.1 Å². The first kappa shape index (κ1) is 14.6. The van der Waals surface area contributed by atoms with Gasteiger partial charge in [-0.3, -0.25) is 18.3 Å². The van der Waals surface area contributed by atoms with Crippen molar-refractivity contribution in [1.82, 2.24) is 19.1 Å². The van der Waals surface area contributed by atoms with Gasteiger partial charge in [-0.2, -0.15) is 0 Å². The highest BCUT2D eigenvalue weighted by atomic mass is 32.1. The number of fused-ring (bicyclic) bond motifs is 1. The van der Waals surface area contributed by atoms with Crippen LogP contribution in [0.25, 0.3) is 16.3 Å². The van der Waals surface area contributed by atoms with E-state index in [9.17, 15) is 9.59 Å². The van der Waals surface area contributed by atoms with Crippen LogP contribution in [0.1, 0.15) is 11.3 Å². The molecule has 0 saturated heterocycles. The summed E-state index contributed by atoms with van der Waals surface area (Å²) in [5.41, 5.74) is 2.08. The van der Waals surface area contributed by atoms with Crippen molar-refractivity contribution in [2.24, 2.45) is 0 Å². The smallest absolute Gasteiger partial charge is 0.295 e. The number of nitrogens with zero attached hydrogens (tertiary/aromatic N) is 4. The van der Waals surface area contributed by atoms with Gasteiger partial charge in [-0.15, -0.1) is 11.3 Å². The normalized spacial score (nSPS) is 11.2. The van der Waals surface area contributed by atoms with E-state index in [4.69, 9.17) is 4.52 Å². The highest BCUT2D eigenvalue weighted by Crippen LogP contribution is 2.20. The Labute approximate surface area is 139 Å². The van der Waals surface area contributed by atoms with Gasteiger partial charge in [0.25, 0.3) is 5.56 Å². The van der Waals surface area contributed by atoms with Gasteiger partial charge in [-0.25, -0.2) is 9.78 Å². The zero-order chi connectivity index (χ0) is 16.7. The minimum atomic E-state index is -0.582. The Morgan fingerprint density at radius 1 is 1.25 bits per heavy atom. The van der Waals surface area contributed by atoms with Crippen molar-refractivity contribution in [2.45, 2.75) is 13.5 Å². The topological polar surface area (TPSA) is 82.4 Å². The monoisotopic (exact) mass is 340 g/mol. The van der Waals surface area contributed by atoms with Crippen LogP contribution >= 0.6 is 11.3 Å². The minimum absolute atomic E-state index is 0.121. The Morgan fingerprint density at radius 3 is 2.92 bits per heavy atom. The molecule has 0 N–H and O–H groups in total. The molecule has 120 valence electrons. The molecule has 0 aliphatic heterocycles. The predicted octanol–water partition coefficient (Wildman–Crippen LogP) is 1.93. The Balaban J connectivity index is 1.82. The minimum Gasteiger partial charge on any atom is -0.295 e. The fourth-order valence-corrected chi connectivity index (χ4v) is 3.29. The summed E-state index contributed by atoms with van der Waals surface area (Å²) in [6.45, 7) is 2.05. The number of aromatic nitrogens is 4. The van der Waals surface area contributed by atoms with E-state index in [0.29, 0.717) is 16.5 Å². The maximum absolute atomic E-state index is 12.1. The molecule has 4 rings (SSSR count). The summed E-state index contributed by atoms with van der Waals surface area (Å²) in [5, 5.41) is 5.67. The number of thiazole rings is 1. The SMILES string of the molecule is Cc1ccccc1-c1noc(=O)n1Cc1cc(=O)n2ccsc2n1. The molecule has 3 aromatic heterocycles. The van der Waals surface area contributed by atoms with Gasteiger partial charge in [0, 0.05) is 23.2 Å². The van der Waals surface area contributed by atoms with E-state index in [1.807, 2.05) is 31.2 Å². The van der Waals surface area contributed by atoms with Crippen LogP contribution in [0.5, 0.6) is 0 Å². The standard InChI is InChI=1S/C16H12N4O3S/c1-10-4-2-3-5-12(10)14-18-23-16(22)20(14)9-11-8-13(21)19-6-7-24-15(19)17-11/h2-8H,9H2,1H3. The lowest BCUT2D eigenvalue weighted by Crippen LogP contribution is -2.20. The summed E-state index contributed by atoms with van der Waals surface area (Å²) in [6, 6.07) is 9.00. The summed E-state index contributed by atoms with van der Waals surface area (Å²) in [6.07, 6.45) is 1.67. The summed E-state index contributed by atoms with van der Waals surface area (Å²) in [7, 11) is 0. The largest absolute Gasteiger partial charge is 0.442 e. The summed E-state index contributed by atoms with van der Waals surface area (Å²) in [5.74, 6) is -0.160. The molecular weight excluding hydrogens is 328 g/mol. The van der Waals surface area contributed by atoms with Crippen LogP contribution in [0.2, 0.25) is 0 Å². The number of aryl methyl sites for hydroxylation is 1. The summed E-state index contributed by atoms with van der Waals surface area (Å²) in [4.78, 5) is 29.1. The molecule has 0 aliphatic carbocycles. The number of benzene rings is 1. The third kappa shape index (κ3) is 2.37. The fraction of sp³-hybridized carbons (Fsp3) is 0.125. The first-order valence-electron chi connectivity index (χ1n) is 7.22. The quantitative estimate of drug-likeness (QED) is 0.569. The van der Waals surface area contributed by atoms with Crippen molar-refractivity contribution in [3.8, 4) is 11.4 Å². The molecule has 8 heteroatoms. The molecule has 0 fully saturated rings. The van der Waals surface area contributed by atoms with E-state index in [1.54, 1.807) is 11.6 Å². The van der Waals surface area contributed by atoms with Gasteiger partial charge in [0.05, 0.1) is 12.2 Å². The lowest BCUT2D eigenvalue weighted by atomic mass is 10.1. The Hall–Kier alpha value is -3.00. The molecule has 0 saturated carbocycles. The lowest BCUT2D eigenvalue weighted by Gasteiger charge is -2.06. The van der Waals surface area contributed by atoms with E-state index in [1.165, 1.54) is 26.4 Å². The van der Waals surface area contributed by atoms with Crippen LogP contribution < -0.4 is 11.3 Å². The van der Waals surface area contributed by atoms with E-state index in [-0.39, 0.29) is 12.1 Å². The Morgan fingerprint density at radius 2 is 2.08 bits per heavy atom.